The Balaban J connectivity index is 0.000000188. The second-order valence-electron chi connectivity index (χ2n) is 10.0. The molecule has 39 heavy (non-hydrogen) atoms. The number of methoxy groups -OCH3 is 2. The first-order valence-electron chi connectivity index (χ1n) is 14.0. The molecule has 1 N–H and O–H groups in total. The van der Waals surface area contributed by atoms with E-state index in [0.29, 0.717) is 37.8 Å². The topological polar surface area (TPSA) is 100 Å². The molecule has 0 radical (unpaired) electrons. The van der Waals surface area contributed by atoms with Gasteiger partial charge in [0, 0.05) is 69.5 Å². The minimum atomic E-state index is -1.14. The third-order valence-corrected chi connectivity index (χ3v) is 8.84. The van der Waals surface area contributed by atoms with E-state index in [1.54, 1.807) is 19.1 Å². The monoisotopic (exact) mass is 561 g/mol. The molecule has 10 nitrogen and oxygen atoms in total. The van der Waals surface area contributed by atoms with E-state index in [-0.39, 0.29) is 5.91 Å². The fourth-order valence-electron chi connectivity index (χ4n) is 5.14. The van der Waals surface area contributed by atoms with Crippen LogP contribution in [0.1, 0.15) is 35.3 Å². The number of benzene rings is 1. The van der Waals surface area contributed by atoms with Crippen molar-refractivity contribution in [2.24, 2.45) is 0 Å². The van der Waals surface area contributed by atoms with Crippen molar-refractivity contribution in [1.82, 2.24) is 24.9 Å². The van der Waals surface area contributed by atoms with Gasteiger partial charge in [-0.25, -0.2) is 0 Å². The maximum absolute atomic E-state index is 12.7. The van der Waals surface area contributed by atoms with Gasteiger partial charge in [0.15, 0.2) is 0 Å². The summed E-state index contributed by atoms with van der Waals surface area (Å²) in [7, 11) is 2.38. The number of amides is 1. The van der Waals surface area contributed by atoms with Crippen LogP contribution in [0.3, 0.4) is 0 Å². The summed E-state index contributed by atoms with van der Waals surface area (Å²) < 4.78 is 28.0. The number of hydrogen-bond donors (Lipinski definition) is 1. The largest absolute Gasteiger partial charge is 0.383 e. The van der Waals surface area contributed by atoms with Gasteiger partial charge < -0.3 is 24.0 Å². The van der Waals surface area contributed by atoms with E-state index >= 15 is 0 Å². The summed E-state index contributed by atoms with van der Waals surface area (Å²) >= 11 is 0. The van der Waals surface area contributed by atoms with E-state index in [9.17, 15) is 9.00 Å². The highest BCUT2D eigenvalue weighted by Gasteiger charge is 2.31. The van der Waals surface area contributed by atoms with Crippen LogP contribution in [0, 0.1) is 0 Å². The highest BCUT2D eigenvalue weighted by Crippen LogP contribution is 2.36. The van der Waals surface area contributed by atoms with Crippen molar-refractivity contribution in [3.05, 3.63) is 35.5 Å². The van der Waals surface area contributed by atoms with Gasteiger partial charge in [0.05, 0.1) is 48.7 Å². The molecule has 1 aromatic heterocycles. The number of hydrogen-bond acceptors (Lipinski definition) is 8. The van der Waals surface area contributed by atoms with Crippen LogP contribution in [0.5, 0.6) is 0 Å². The minimum absolute atomic E-state index is 0.0894. The minimum Gasteiger partial charge on any atom is -0.383 e. The summed E-state index contributed by atoms with van der Waals surface area (Å²) in [4.78, 5) is 20.2. The Hall–Kier alpha value is -2.15. The van der Waals surface area contributed by atoms with E-state index in [1.165, 1.54) is 38.9 Å². The van der Waals surface area contributed by atoms with Crippen LogP contribution >= 0.6 is 0 Å². The zero-order chi connectivity index (χ0) is 27.5. The maximum Gasteiger partial charge on any atom is 0.272 e. The molecule has 2 saturated heterocycles. The van der Waals surface area contributed by atoms with Gasteiger partial charge in [0.1, 0.15) is 5.69 Å². The molecule has 3 aliphatic heterocycles. The summed E-state index contributed by atoms with van der Waals surface area (Å²) in [5.41, 5.74) is 2.81. The van der Waals surface area contributed by atoms with Gasteiger partial charge in [-0.3, -0.25) is 19.0 Å². The molecular weight excluding hydrogens is 518 g/mol. The number of ether oxygens (including phenoxy) is 3. The molecule has 3 aliphatic rings. The Bertz CT molecular complexity index is 1060. The Morgan fingerprint density at radius 2 is 1.72 bits per heavy atom. The number of likely N-dealkylation sites (tertiary alicyclic amines) is 1. The van der Waals surface area contributed by atoms with Crippen molar-refractivity contribution < 1.29 is 23.2 Å². The third-order valence-electron chi connectivity index (χ3n) is 7.45. The lowest BCUT2D eigenvalue weighted by molar-refractivity contribution is 0.0298. The van der Waals surface area contributed by atoms with Crippen LogP contribution in [0.15, 0.2) is 29.2 Å². The van der Waals surface area contributed by atoms with Crippen molar-refractivity contribution >= 4 is 16.7 Å². The van der Waals surface area contributed by atoms with Gasteiger partial charge in [0.2, 0.25) is 0 Å². The Kier molecular flexibility index (Phi) is 11.9. The SMILES string of the molecule is COCCN(CCOC)CCN1CCCCC1.O=C(c1[nH]nc2c1CS(=O)c1ccccc1-2)N1CCOCC1. The summed E-state index contributed by atoms with van der Waals surface area (Å²) in [6.45, 7) is 10.8. The molecule has 1 amide bonds. The lowest BCUT2D eigenvalue weighted by atomic mass is 10.1. The zero-order valence-corrected chi connectivity index (χ0v) is 24.2. The molecule has 5 rings (SSSR count). The van der Waals surface area contributed by atoms with E-state index < -0.39 is 10.8 Å². The lowest BCUT2D eigenvalue weighted by Gasteiger charge is -2.29. The second-order valence-corrected chi connectivity index (χ2v) is 11.5. The van der Waals surface area contributed by atoms with E-state index in [4.69, 9.17) is 14.2 Å². The highest BCUT2D eigenvalue weighted by atomic mass is 32.2. The number of nitrogens with zero attached hydrogens (tertiary/aromatic N) is 4. The lowest BCUT2D eigenvalue weighted by Crippen LogP contribution is -2.41. The predicted octanol–water partition coefficient (Wildman–Crippen LogP) is 2.24. The molecule has 216 valence electrons. The molecule has 0 spiro atoms. The molecule has 0 bridgehead atoms. The Morgan fingerprint density at radius 1 is 1.03 bits per heavy atom. The first-order chi connectivity index (χ1) is 19.1. The number of nitrogens with one attached hydrogen (secondary N) is 1. The van der Waals surface area contributed by atoms with Crippen LogP contribution < -0.4 is 0 Å². The number of rotatable bonds is 10. The molecule has 2 fully saturated rings. The molecule has 2 aromatic rings. The molecule has 0 aliphatic carbocycles. The first kappa shape index (κ1) is 29.8. The van der Waals surface area contributed by atoms with Crippen LogP contribution in [0.2, 0.25) is 0 Å². The summed E-state index contributed by atoms with van der Waals surface area (Å²) in [6.07, 6.45) is 4.15. The average molecular weight is 562 g/mol. The molecule has 11 heteroatoms. The Morgan fingerprint density at radius 3 is 2.41 bits per heavy atom. The maximum atomic E-state index is 12.7. The number of morpholine rings is 1. The number of piperidine rings is 1. The van der Waals surface area contributed by atoms with E-state index in [1.807, 2.05) is 24.3 Å². The first-order valence-corrected chi connectivity index (χ1v) is 15.3. The van der Waals surface area contributed by atoms with Gasteiger partial charge in [0.25, 0.3) is 5.91 Å². The second kappa shape index (κ2) is 15.6. The number of carbonyl (C=O) groups excluding carboxylic acids is 1. The van der Waals surface area contributed by atoms with Crippen molar-refractivity contribution in [2.75, 3.05) is 93.0 Å². The van der Waals surface area contributed by atoms with Crippen molar-refractivity contribution in [2.45, 2.75) is 29.9 Å². The molecule has 4 heterocycles. The third kappa shape index (κ3) is 8.18. The summed E-state index contributed by atoms with van der Waals surface area (Å²) in [5.74, 6) is 0.238. The number of aromatic amines is 1. The number of carbonyl (C=O) groups is 1. The summed E-state index contributed by atoms with van der Waals surface area (Å²) in [6, 6.07) is 7.51. The summed E-state index contributed by atoms with van der Waals surface area (Å²) in [5, 5.41) is 7.17. The van der Waals surface area contributed by atoms with Gasteiger partial charge in [-0.1, -0.05) is 24.6 Å². The van der Waals surface area contributed by atoms with Gasteiger partial charge in [-0.05, 0) is 32.0 Å². The van der Waals surface area contributed by atoms with Gasteiger partial charge >= 0.3 is 0 Å². The number of fused-ring (bicyclic) bond motifs is 3. The molecule has 1 aromatic carbocycles. The standard InChI is InChI=1S/C15H15N3O3S.C13H28N2O2/c19-15(18-5-7-21-8-6-18)14-11-9-22(20)12-4-2-1-3-10(12)13(11)16-17-14;1-16-12-10-15(11-13-17-2)9-8-14-6-4-3-5-7-14/h1-4H,5-9H2,(H,16,17);3-13H2,1-2H3. The van der Waals surface area contributed by atoms with E-state index in [2.05, 4.69) is 20.0 Å². The van der Waals surface area contributed by atoms with Gasteiger partial charge in [-0.2, -0.15) is 5.10 Å². The van der Waals surface area contributed by atoms with Crippen LogP contribution in [-0.4, -0.2) is 128 Å². The smallest absolute Gasteiger partial charge is 0.272 e. The molecule has 0 saturated carbocycles. The number of H-pyrrole nitrogens is 1. The normalized spacial score (nSPS) is 19.3. The quantitative estimate of drug-likeness (QED) is 0.472. The van der Waals surface area contributed by atoms with Crippen molar-refractivity contribution in [1.29, 1.82) is 0 Å². The van der Waals surface area contributed by atoms with Crippen molar-refractivity contribution in [3.8, 4) is 11.3 Å². The van der Waals surface area contributed by atoms with E-state index in [0.717, 1.165) is 54.6 Å². The van der Waals surface area contributed by atoms with Crippen molar-refractivity contribution in [3.63, 3.8) is 0 Å². The predicted molar refractivity (Wildman–Crippen MR) is 151 cm³/mol. The fourth-order valence-corrected chi connectivity index (χ4v) is 6.48. The van der Waals surface area contributed by atoms with Crippen LogP contribution in [0.4, 0.5) is 0 Å². The van der Waals surface area contributed by atoms with Crippen LogP contribution in [0.25, 0.3) is 11.3 Å². The Labute approximate surface area is 234 Å². The highest BCUT2D eigenvalue weighted by molar-refractivity contribution is 7.84. The average Bonchev–Trinajstić information content (AvgIpc) is 3.42. The van der Waals surface area contributed by atoms with Gasteiger partial charge in [-0.15, -0.1) is 0 Å². The zero-order valence-electron chi connectivity index (χ0n) is 23.4. The number of aromatic nitrogens is 2. The molecular formula is C28H43N5O5S. The molecule has 1 unspecified atom stereocenters. The fraction of sp³-hybridized carbons (Fsp3) is 0.643. The van der Waals surface area contributed by atoms with Crippen LogP contribution in [-0.2, 0) is 30.8 Å². The molecule has 1 atom stereocenters.